The van der Waals surface area contributed by atoms with Crippen LogP contribution in [0.5, 0.6) is 0 Å². The maximum absolute atomic E-state index is 12.7. The average molecular weight is 373 g/mol. The maximum atomic E-state index is 12.7. The highest BCUT2D eigenvalue weighted by atomic mass is 79.9. The second-order valence-electron chi connectivity index (χ2n) is 4.55. The Kier molecular flexibility index (Phi) is 4.16. The maximum Gasteiger partial charge on any atom is 0.416 e. The highest BCUT2D eigenvalue weighted by Gasteiger charge is 2.36. The van der Waals surface area contributed by atoms with Crippen LogP contribution in [0.2, 0.25) is 0 Å². The van der Waals surface area contributed by atoms with Gasteiger partial charge in [0.25, 0.3) is 0 Å². The van der Waals surface area contributed by atoms with Crippen LogP contribution in [0.3, 0.4) is 0 Å². The van der Waals surface area contributed by atoms with Gasteiger partial charge in [-0.05, 0) is 40.5 Å². The van der Waals surface area contributed by atoms with Crippen molar-refractivity contribution in [2.45, 2.75) is 23.5 Å². The molecule has 0 aromatic heterocycles. The molecule has 1 aliphatic heterocycles. The van der Waals surface area contributed by atoms with Crippen LogP contribution in [-0.2, 0) is 16.2 Å². The lowest BCUT2D eigenvalue weighted by molar-refractivity contribution is -0.137. The Morgan fingerprint density at radius 1 is 1.35 bits per heavy atom. The molecule has 1 fully saturated rings. The van der Waals surface area contributed by atoms with E-state index in [1.165, 1.54) is 0 Å². The van der Waals surface area contributed by atoms with E-state index in [1.54, 1.807) is 0 Å². The summed E-state index contributed by atoms with van der Waals surface area (Å²) < 4.78 is 64.0. The lowest BCUT2D eigenvalue weighted by Gasteiger charge is -2.18. The summed E-state index contributed by atoms with van der Waals surface area (Å²) in [5.74, 6) is 0. The van der Waals surface area contributed by atoms with Crippen molar-refractivity contribution in [1.29, 1.82) is 0 Å². The molecule has 0 unspecified atom stereocenters. The van der Waals surface area contributed by atoms with Crippen LogP contribution >= 0.6 is 15.9 Å². The Morgan fingerprint density at radius 3 is 2.50 bits per heavy atom. The quantitative estimate of drug-likeness (QED) is 0.865. The molecule has 1 aliphatic rings. The van der Waals surface area contributed by atoms with Gasteiger partial charge >= 0.3 is 6.18 Å². The van der Waals surface area contributed by atoms with Crippen LogP contribution in [-0.4, -0.2) is 31.9 Å². The van der Waals surface area contributed by atoms with Gasteiger partial charge in [0.2, 0.25) is 10.0 Å². The number of nitrogens with zero attached hydrogens (tertiary/aromatic N) is 1. The number of hydrogen-bond donors (Lipinski definition) is 1. The SMILES string of the molecule is N[C@@H]1CCN(S(=O)(=O)c2cc(C(F)(F)F)ccc2Br)C1. The molecular formula is C11H12BrF3N2O2S. The Balaban J connectivity index is 2.46. The largest absolute Gasteiger partial charge is 0.416 e. The van der Waals surface area contributed by atoms with Crippen LogP contribution in [0.4, 0.5) is 13.2 Å². The molecule has 1 aromatic rings. The van der Waals surface area contributed by atoms with Crippen molar-refractivity contribution in [3.63, 3.8) is 0 Å². The normalized spacial score (nSPS) is 21.4. The first-order chi connectivity index (χ1) is 9.12. The Morgan fingerprint density at radius 2 is 2.00 bits per heavy atom. The van der Waals surface area contributed by atoms with E-state index in [2.05, 4.69) is 15.9 Å². The topological polar surface area (TPSA) is 63.4 Å². The molecule has 4 nitrogen and oxygen atoms in total. The molecule has 20 heavy (non-hydrogen) atoms. The molecule has 2 N–H and O–H groups in total. The summed E-state index contributed by atoms with van der Waals surface area (Å²) in [6, 6.07) is 2.28. The fourth-order valence-electron chi connectivity index (χ4n) is 1.99. The van der Waals surface area contributed by atoms with Crippen molar-refractivity contribution in [3.8, 4) is 0 Å². The number of benzene rings is 1. The predicted octanol–water partition coefficient (Wildman–Crippen LogP) is 2.19. The number of hydrogen-bond acceptors (Lipinski definition) is 3. The summed E-state index contributed by atoms with van der Waals surface area (Å²) in [4.78, 5) is -0.388. The number of halogens is 4. The first-order valence-electron chi connectivity index (χ1n) is 5.75. The third-order valence-electron chi connectivity index (χ3n) is 3.06. The van der Waals surface area contributed by atoms with E-state index < -0.39 is 21.8 Å². The van der Waals surface area contributed by atoms with Crippen molar-refractivity contribution < 1.29 is 21.6 Å². The second-order valence-corrected chi connectivity index (χ2v) is 7.32. The summed E-state index contributed by atoms with van der Waals surface area (Å²) in [7, 11) is -3.98. The van der Waals surface area contributed by atoms with Crippen LogP contribution in [0.15, 0.2) is 27.6 Å². The number of nitrogens with two attached hydrogens (primary N) is 1. The molecule has 1 saturated heterocycles. The molecule has 0 radical (unpaired) electrons. The second kappa shape index (κ2) is 5.28. The minimum absolute atomic E-state index is 0.103. The highest BCUT2D eigenvalue weighted by Crippen LogP contribution is 2.35. The fraction of sp³-hybridized carbons (Fsp3) is 0.455. The Labute approximate surface area is 122 Å². The Hall–Kier alpha value is -0.640. The van der Waals surface area contributed by atoms with E-state index in [-0.39, 0.29) is 28.5 Å². The first kappa shape index (κ1) is 15.7. The first-order valence-corrected chi connectivity index (χ1v) is 7.98. The molecule has 0 aliphatic carbocycles. The van der Waals surface area contributed by atoms with Crippen LogP contribution in [0.1, 0.15) is 12.0 Å². The molecule has 1 heterocycles. The van der Waals surface area contributed by atoms with E-state index in [0.717, 1.165) is 16.4 Å². The molecular weight excluding hydrogens is 361 g/mol. The smallest absolute Gasteiger partial charge is 0.326 e. The molecule has 0 spiro atoms. The third-order valence-corrected chi connectivity index (χ3v) is 5.92. The van der Waals surface area contributed by atoms with Gasteiger partial charge in [-0.3, -0.25) is 0 Å². The van der Waals surface area contributed by atoms with Crippen molar-refractivity contribution in [3.05, 3.63) is 28.2 Å². The van der Waals surface area contributed by atoms with Crippen molar-refractivity contribution in [2.24, 2.45) is 5.73 Å². The number of alkyl halides is 3. The zero-order chi connectivity index (χ0) is 15.1. The van der Waals surface area contributed by atoms with Crippen molar-refractivity contribution in [2.75, 3.05) is 13.1 Å². The molecule has 9 heteroatoms. The van der Waals surface area contributed by atoms with Crippen LogP contribution in [0, 0.1) is 0 Å². The summed E-state index contributed by atoms with van der Waals surface area (Å²) in [6.07, 6.45) is -4.10. The molecule has 0 bridgehead atoms. The zero-order valence-electron chi connectivity index (χ0n) is 10.2. The molecule has 112 valence electrons. The summed E-state index contributed by atoms with van der Waals surface area (Å²) >= 11 is 2.99. The Bertz CT molecular complexity index is 619. The lowest BCUT2D eigenvalue weighted by atomic mass is 10.2. The van der Waals surface area contributed by atoms with Gasteiger partial charge < -0.3 is 5.73 Å². The van der Waals surface area contributed by atoms with E-state index in [0.29, 0.717) is 12.5 Å². The molecule has 2 rings (SSSR count). The van der Waals surface area contributed by atoms with Crippen LogP contribution in [0.25, 0.3) is 0 Å². The van der Waals surface area contributed by atoms with E-state index in [9.17, 15) is 21.6 Å². The van der Waals surface area contributed by atoms with Crippen molar-refractivity contribution in [1.82, 2.24) is 4.31 Å². The van der Waals surface area contributed by atoms with E-state index in [4.69, 9.17) is 5.73 Å². The molecule has 0 amide bonds. The predicted molar refractivity (Wildman–Crippen MR) is 70.5 cm³/mol. The van der Waals surface area contributed by atoms with Gasteiger partial charge in [0.15, 0.2) is 0 Å². The van der Waals surface area contributed by atoms with Gasteiger partial charge in [-0.2, -0.15) is 17.5 Å². The van der Waals surface area contributed by atoms with Gasteiger partial charge in [-0.25, -0.2) is 8.42 Å². The van der Waals surface area contributed by atoms with Gasteiger partial charge in [-0.1, -0.05) is 0 Å². The summed E-state index contributed by atoms with van der Waals surface area (Å²) in [6.45, 7) is 0.331. The number of rotatable bonds is 2. The van der Waals surface area contributed by atoms with Gasteiger partial charge in [0.05, 0.1) is 10.5 Å². The van der Waals surface area contributed by atoms with Gasteiger partial charge in [0.1, 0.15) is 0 Å². The average Bonchev–Trinajstić information content (AvgIpc) is 2.75. The third kappa shape index (κ3) is 3.00. The molecule has 1 aromatic carbocycles. The monoisotopic (exact) mass is 372 g/mol. The van der Waals surface area contributed by atoms with Crippen molar-refractivity contribution >= 4 is 26.0 Å². The highest BCUT2D eigenvalue weighted by molar-refractivity contribution is 9.10. The van der Waals surface area contributed by atoms with E-state index >= 15 is 0 Å². The zero-order valence-corrected chi connectivity index (χ0v) is 12.6. The lowest BCUT2D eigenvalue weighted by Crippen LogP contribution is -2.32. The minimum atomic E-state index is -4.59. The standard InChI is InChI=1S/C11H12BrF3N2O2S/c12-9-2-1-7(11(13,14)15)5-10(9)20(18,19)17-4-3-8(16)6-17/h1-2,5,8H,3-4,6,16H2/t8-/m1/s1. The van der Waals surface area contributed by atoms with Crippen LogP contribution < -0.4 is 5.73 Å². The van der Waals surface area contributed by atoms with Gasteiger partial charge in [0, 0.05) is 23.6 Å². The molecule has 0 saturated carbocycles. The number of sulfonamides is 1. The molecule has 1 atom stereocenters. The fourth-order valence-corrected chi connectivity index (χ4v) is 4.45. The summed E-state index contributed by atoms with van der Waals surface area (Å²) in [5.41, 5.74) is 4.64. The minimum Gasteiger partial charge on any atom is -0.326 e. The van der Waals surface area contributed by atoms with Gasteiger partial charge in [-0.15, -0.1) is 0 Å². The summed E-state index contributed by atoms with van der Waals surface area (Å²) in [5, 5.41) is 0. The van der Waals surface area contributed by atoms with E-state index in [1.807, 2.05) is 0 Å².